The first-order valence-electron chi connectivity index (χ1n) is 7.26. The Bertz CT molecular complexity index is 611. The summed E-state index contributed by atoms with van der Waals surface area (Å²) in [6.07, 6.45) is 0. The fraction of sp³-hybridized carbons (Fsp3) is 0.375. The summed E-state index contributed by atoms with van der Waals surface area (Å²) in [5.74, 6) is -1.14. The van der Waals surface area contributed by atoms with Crippen LogP contribution in [-0.4, -0.2) is 38.5 Å². The average molecular weight is 384 g/mol. The highest BCUT2D eigenvalue weighted by Crippen LogP contribution is 2.27. The van der Waals surface area contributed by atoms with Crippen molar-refractivity contribution in [2.24, 2.45) is 0 Å². The predicted octanol–water partition coefficient (Wildman–Crippen LogP) is 2.62. The molecule has 1 aromatic carbocycles. The van der Waals surface area contributed by atoms with Crippen molar-refractivity contribution in [2.45, 2.75) is 13.8 Å². The van der Waals surface area contributed by atoms with E-state index in [4.69, 9.17) is 14.2 Å². The van der Waals surface area contributed by atoms with Gasteiger partial charge in [-0.05, 0) is 38.1 Å². The van der Waals surface area contributed by atoms with Gasteiger partial charge in [0.25, 0.3) is 0 Å². The molecule has 0 aromatic heterocycles. The maximum absolute atomic E-state index is 12.4. The first-order valence-corrected chi connectivity index (χ1v) is 8.06. The Morgan fingerprint density at radius 2 is 1.74 bits per heavy atom. The van der Waals surface area contributed by atoms with Crippen LogP contribution in [-0.2, 0) is 23.8 Å². The van der Waals surface area contributed by atoms with E-state index in [-0.39, 0.29) is 37.8 Å². The summed E-state index contributed by atoms with van der Waals surface area (Å²) in [6.45, 7) is 4.02. The van der Waals surface area contributed by atoms with Crippen molar-refractivity contribution < 1.29 is 23.8 Å². The predicted molar refractivity (Wildman–Crippen MR) is 87.7 cm³/mol. The lowest BCUT2D eigenvalue weighted by atomic mass is 10.1. The van der Waals surface area contributed by atoms with E-state index in [9.17, 15) is 9.59 Å². The van der Waals surface area contributed by atoms with Crippen LogP contribution in [0.4, 0.5) is 5.69 Å². The average Bonchev–Trinajstić information content (AvgIpc) is 2.55. The highest BCUT2D eigenvalue weighted by Gasteiger charge is 2.32. The van der Waals surface area contributed by atoms with E-state index in [1.807, 2.05) is 24.3 Å². The lowest BCUT2D eigenvalue weighted by molar-refractivity contribution is -0.143. The van der Waals surface area contributed by atoms with E-state index in [1.54, 1.807) is 18.7 Å². The third-order valence-corrected chi connectivity index (χ3v) is 3.68. The Morgan fingerprint density at radius 3 is 2.35 bits per heavy atom. The molecule has 0 bridgehead atoms. The maximum atomic E-state index is 12.4. The largest absolute Gasteiger partial charge is 0.463 e. The molecule has 0 atom stereocenters. The monoisotopic (exact) mass is 383 g/mol. The van der Waals surface area contributed by atoms with Crippen molar-refractivity contribution >= 4 is 33.6 Å². The Kier molecular flexibility index (Phi) is 6.18. The fourth-order valence-corrected chi connectivity index (χ4v) is 2.43. The molecule has 0 unspecified atom stereocenters. The zero-order valence-electron chi connectivity index (χ0n) is 13.0. The highest BCUT2D eigenvalue weighted by molar-refractivity contribution is 9.10. The highest BCUT2D eigenvalue weighted by atomic mass is 79.9. The summed E-state index contributed by atoms with van der Waals surface area (Å²) in [5.41, 5.74) is 1.05. The smallest absolute Gasteiger partial charge is 0.355 e. The fourth-order valence-electron chi connectivity index (χ4n) is 2.17. The number of carbonyl (C=O) groups excluding carboxylic acids is 2. The van der Waals surface area contributed by atoms with Crippen LogP contribution in [0.25, 0.3) is 0 Å². The summed E-state index contributed by atoms with van der Waals surface area (Å²) in [4.78, 5) is 26.1. The van der Waals surface area contributed by atoms with Gasteiger partial charge >= 0.3 is 11.9 Å². The second kappa shape index (κ2) is 8.12. The van der Waals surface area contributed by atoms with Gasteiger partial charge in [0.15, 0.2) is 0 Å². The first-order chi connectivity index (χ1) is 11.1. The Hall–Kier alpha value is -1.86. The van der Waals surface area contributed by atoms with Crippen molar-refractivity contribution in [1.29, 1.82) is 0 Å². The lowest BCUT2D eigenvalue weighted by Crippen LogP contribution is -2.39. The van der Waals surface area contributed by atoms with Crippen molar-refractivity contribution in [1.82, 2.24) is 0 Å². The number of benzene rings is 1. The summed E-state index contributed by atoms with van der Waals surface area (Å²) in [5, 5.41) is 0. The molecule has 0 amide bonds. The van der Waals surface area contributed by atoms with Gasteiger partial charge in [-0.2, -0.15) is 0 Å². The molecule has 6 nitrogen and oxygen atoms in total. The molecule has 23 heavy (non-hydrogen) atoms. The molecule has 7 heteroatoms. The number of carbonyl (C=O) groups is 2. The molecular formula is C16H18BrNO5. The molecule has 1 aliphatic rings. The Labute approximate surface area is 143 Å². The number of anilines is 1. The van der Waals surface area contributed by atoms with Gasteiger partial charge in [0, 0.05) is 10.2 Å². The summed E-state index contributed by atoms with van der Waals surface area (Å²) >= 11 is 3.37. The molecular weight excluding hydrogens is 366 g/mol. The standard InChI is InChI=1S/C16H18BrNO5/c1-3-22-15(19)13-9-21-10-18(14(13)16(20)23-4-2)12-7-5-11(17)6-8-12/h5-8H,3-4,9-10H2,1-2H3. The molecule has 1 heterocycles. The number of rotatable bonds is 5. The molecule has 0 spiro atoms. The van der Waals surface area contributed by atoms with E-state index in [1.165, 1.54) is 0 Å². The minimum Gasteiger partial charge on any atom is -0.463 e. The topological polar surface area (TPSA) is 65.1 Å². The van der Waals surface area contributed by atoms with Crippen LogP contribution in [0.3, 0.4) is 0 Å². The van der Waals surface area contributed by atoms with Crippen LogP contribution in [0.5, 0.6) is 0 Å². The van der Waals surface area contributed by atoms with Crippen LogP contribution < -0.4 is 4.90 Å². The minimum atomic E-state index is -0.572. The van der Waals surface area contributed by atoms with Gasteiger partial charge in [-0.3, -0.25) is 0 Å². The van der Waals surface area contributed by atoms with Crippen molar-refractivity contribution in [3.8, 4) is 0 Å². The quantitative estimate of drug-likeness (QED) is 0.728. The van der Waals surface area contributed by atoms with Gasteiger partial charge in [0.05, 0.1) is 25.4 Å². The van der Waals surface area contributed by atoms with Crippen LogP contribution >= 0.6 is 15.9 Å². The SMILES string of the molecule is CCOC(=O)C1=C(C(=O)OCC)N(c2ccc(Br)cc2)COC1. The second-order valence-electron chi connectivity index (χ2n) is 4.65. The first kappa shape index (κ1) is 17.5. The lowest BCUT2D eigenvalue weighted by Gasteiger charge is -2.31. The van der Waals surface area contributed by atoms with Crippen molar-refractivity contribution in [2.75, 3.05) is 31.5 Å². The van der Waals surface area contributed by atoms with Gasteiger partial charge in [-0.15, -0.1) is 0 Å². The number of hydrogen-bond donors (Lipinski definition) is 0. The molecule has 0 N–H and O–H groups in total. The molecule has 0 radical (unpaired) electrons. The zero-order chi connectivity index (χ0) is 16.8. The summed E-state index contributed by atoms with van der Waals surface area (Å²) in [7, 11) is 0. The third-order valence-electron chi connectivity index (χ3n) is 3.15. The molecule has 0 aliphatic carbocycles. The van der Waals surface area contributed by atoms with E-state index in [0.717, 1.165) is 10.2 Å². The number of esters is 2. The molecule has 1 aromatic rings. The van der Waals surface area contributed by atoms with Gasteiger partial charge in [-0.1, -0.05) is 15.9 Å². The number of ether oxygens (including phenoxy) is 3. The van der Waals surface area contributed by atoms with Crippen molar-refractivity contribution in [3.05, 3.63) is 40.0 Å². The van der Waals surface area contributed by atoms with Gasteiger partial charge < -0.3 is 19.1 Å². The normalized spacial score (nSPS) is 14.7. The third kappa shape index (κ3) is 4.11. The molecule has 0 fully saturated rings. The van der Waals surface area contributed by atoms with Gasteiger partial charge in [0.2, 0.25) is 0 Å². The van der Waals surface area contributed by atoms with Gasteiger partial charge in [-0.25, -0.2) is 9.59 Å². The van der Waals surface area contributed by atoms with E-state index < -0.39 is 11.9 Å². The van der Waals surface area contributed by atoms with E-state index in [2.05, 4.69) is 15.9 Å². The number of nitrogens with zero attached hydrogens (tertiary/aromatic N) is 1. The Balaban J connectivity index is 2.46. The molecule has 1 aliphatic heterocycles. The maximum Gasteiger partial charge on any atom is 0.355 e. The van der Waals surface area contributed by atoms with Crippen LogP contribution in [0, 0.1) is 0 Å². The minimum absolute atomic E-state index is 0.0139. The molecule has 0 saturated carbocycles. The van der Waals surface area contributed by atoms with Crippen molar-refractivity contribution in [3.63, 3.8) is 0 Å². The van der Waals surface area contributed by atoms with E-state index >= 15 is 0 Å². The molecule has 2 rings (SSSR count). The molecule has 124 valence electrons. The van der Waals surface area contributed by atoms with Gasteiger partial charge in [0.1, 0.15) is 12.4 Å². The second-order valence-corrected chi connectivity index (χ2v) is 5.57. The number of halogens is 1. The molecule has 0 saturated heterocycles. The van der Waals surface area contributed by atoms with Crippen LogP contribution in [0.2, 0.25) is 0 Å². The summed E-state index contributed by atoms with van der Waals surface area (Å²) < 4.78 is 16.5. The van der Waals surface area contributed by atoms with Crippen LogP contribution in [0.15, 0.2) is 40.0 Å². The number of hydrogen-bond acceptors (Lipinski definition) is 6. The van der Waals surface area contributed by atoms with E-state index in [0.29, 0.717) is 0 Å². The van der Waals surface area contributed by atoms with Crippen LogP contribution in [0.1, 0.15) is 13.8 Å². The Morgan fingerprint density at radius 1 is 1.13 bits per heavy atom. The summed E-state index contributed by atoms with van der Waals surface area (Å²) in [6, 6.07) is 7.33. The zero-order valence-corrected chi connectivity index (χ0v) is 14.6.